The molecule has 0 aliphatic heterocycles. The maximum Gasteiger partial charge on any atom is 0.303 e. The van der Waals surface area contributed by atoms with Gasteiger partial charge >= 0.3 is 5.97 Å². The van der Waals surface area contributed by atoms with Crippen LogP contribution in [0.4, 0.5) is 0 Å². The Morgan fingerprint density at radius 2 is 1.37 bits per heavy atom. The number of carbonyl (C=O) groups excluding carboxylic acids is 1. The van der Waals surface area contributed by atoms with Crippen molar-refractivity contribution in [2.24, 2.45) is 0 Å². The summed E-state index contributed by atoms with van der Waals surface area (Å²) >= 11 is 0. The molecule has 4 rings (SSSR count). The molecule has 1 aromatic heterocycles. The molecule has 3 N–H and O–H groups in total. The SMILES string of the molecule is O=C(O)CCCC[C@@H](C(=O)N[C@H](CO)Cc1ccccc1)n1ccc(-c2ccc(-c3ccccc3)cc2)c1. The van der Waals surface area contributed by atoms with Crippen molar-refractivity contribution < 1.29 is 19.8 Å². The number of unbranched alkanes of at least 4 members (excludes halogenated alkanes) is 1. The van der Waals surface area contributed by atoms with Crippen molar-refractivity contribution in [2.75, 3.05) is 6.61 Å². The third-order valence-corrected chi connectivity index (χ3v) is 6.71. The standard InChI is InChI=1S/C32H34N2O4/c35-23-29(21-24-9-3-1-4-10-24)33-32(38)30(13-7-8-14-31(36)37)34-20-19-28(22-34)27-17-15-26(16-18-27)25-11-5-2-6-12-25/h1-6,9-12,15-20,22,29-30,35H,7-8,13-14,21,23H2,(H,33,38)(H,36,37)/t29-,30-/m0/s1. The van der Waals surface area contributed by atoms with E-state index in [1.165, 1.54) is 0 Å². The van der Waals surface area contributed by atoms with Gasteiger partial charge in [-0.25, -0.2) is 0 Å². The van der Waals surface area contributed by atoms with Crippen LogP contribution in [0.1, 0.15) is 37.3 Å². The van der Waals surface area contributed by atoms with Crippen molar-refractivity contribution in [1.82, 2.24) is 9.88 Å². The highest BCUT2D eigenvalue weighted by Crippen LogP contribution is 2.27. The molecule has 38 heavy (non-hydrogen) atoms. The van der Waals surface area contributed by atoms with E-state index in [-0.39, 0.29) is 18.9 Å². The Hall–Kier alpha value is -4.16. The summed E-state index contributed by atoms with van der Waals surface area (Å²) in [7, 11) is 0. The highest BCUT2D eigenvalue weighted by atomic mass is 16.4. The van der Waals surface area contributed by atoms with Gasteiger partial charge in [0.15, 0.2) is 0 Å². The van der Waals surface area contributed by atoms with E-state index in [4.69, 9.17) is 5.11 Å². The van der Waals surface area contributed by atoms with Gasteiger partial charge in [0.25, 0.3) is 0 Å². The van der Waals surface area contributed by atoms with E-state index in [9.17, 15) is 14.7 Å². The smallest absolute Gasteiger partial charge is 0.303 e. The number of carbonyl (C=O) groups is 2. The van der Waals surface area contributed by atoms with Crippen LogP contribution >= 0.6 is 0 Å². The fraction of sp³-hybridized carbons (Fsp3) is 0.250. The van der Waals surface area contributed by atoms with Crippen LogP contribution in [0.2, 0.25) is 0 Å². The number of aliphatic hydroxyl groups excluding tert-OH is 1. The molecular formula is C32H34N2O4. The van der Waals surface area contributed by atoms with Gasteiger partial charge in [0.2, 0.25) is 5.91 Å². The van der Waals surface area contributed by atoms with Gasteiger partial charge in [-0.1, -0.05) is 91.3 Å². The molecule has 6 heteroatoms. The number of carboxylic acids is 1. The summed E-state index contributed by atoms with van der Waals surface area (Å²) in [6.07, 6.45) is 6.07. The number of hydrogen-bond donors (Lipinski definition) is 3. The number of aliphatic hydroxyl groups is 1. The molecule has 0 fully saturated rings. The van der Waals surface area contributed by atoms with E-state index >= 15 is 0 Å². The molecule has 0 aliphatic carbocycles. The van der Waals surface area contributed by atoms with Crippen molar-refractivity contribution in [3.63, 3.8) is 0 Å². The molecule has 0 aliphatic rings. The van der Waals surface area contributed by atoms with Gasteiger partial charge in [-0.15, -0.1) is 0 Å². The zero-order chi connectivity index (χ0) is 26.7. The molecular weight excluding hydrogens is 476 g/mol. The number of aliphatic carboxylic acids is 1. The summed E-state index contributed by atoms with van der Waals surface area (Å²) < 4.78 is 1.90. The van der Waals surface area contributed by atoms with Crippen LogP contribution in [0.25, 0.3) is 22.3 Å². The minimum atomic E-state index is -0.837. The lowest BCUT2D eigenvalue weighted by Gasteiger charge is -2.23. The molecule has 6 nitrogen and oxygen atoms in total. The lowest BCUT2D eigenvalue weighted by atomic mass is 10.0. The second kappa shape index (κ2) is 13.4. The fourth-order valence-electron chi connectivity index (χ4n) is 4.65. The number of nitrogens with zero attached hydrogens (tertiary/aromatic N) is 1. The van der Waals surface area contributed by atoms with Crippen molar-refractivity contribution >= 4 is 11.9 Å². The van der Waals surface area contributed by atoms with Gasteiger partial charge in [-0.2, -0.15) is 0 Å². The van der Waals surface area contributed by atoms with Crippen LogP contribution in [0, 0.1) is 0 Å². The Balaban J connectivity index is 1.49. The number of carboxylic acid groups (broad SMARTS) is 1. The Bertz CT molecular complexity index is 1300. The quantitative estimate of drug-likeness (QED) is 0.200. The van der Waals surface area contributed by atoms with Gasteiger partial charge < -0.3 is 20.1 Å². The van der Waals surface area contributed by atoms with Crippen LogP contribution in [0.3, 0.4) is 0 Å². The normalized spacial score (nSPS) is 12.6. The molecule has 1 amide bonds. The first-order valence-electron chi connectivity index (χ1n) is 13.0. The molecule has 3 aromatic carbocycles. The largest absolute Gasteiger partial charge is 0.481 e. The average Bonchev–Trinajstić information content (AvgIpc) is 3.43. The minimum Gasteiger partial charge on any atom is -0.481 e. The molecule has 0 saturated carbocycles. The Morgan fingerprint density at radius 3 is 2.00 bits per heavy atom. The Kier molecular flexibility index (Phi) is 9.48. The third-order valence-electron chi connectivity index (χ3n) is 6.71. The number of nitrogens with one attached hydrogen (secondary N) is 1. The summed E-state index contributed by atoms with van der Waals surface area (Å²) in [5, 5.41) is 22.0. The highest BCUT2D eigenvalue weighted by Gasteiger charge is 2.23. The maximum atomic E-state index is 13.4. The van der Waals surface area contributed by atoms with Gasteiger partial charge in [-0.05, 0) is 53.1 Å². The predicted molar refractivity (Wildman–Crippen MR) is 150 cm³/mol. The first-order valence-corrected chi connectivity index (χ1v) is 13.0. The van der Waals surface area contributed by atoms with Crippen LogP contribution < -0.4 is 5.32 Å². The van der Waals surface area contributed by atoms with Gasteiger partial charge in [-0.3, -0.25) is 9.59 Å². The summed E-state index contributed by atoms with van der Waals surface area (Å²) in [5.41, 5.74) is 5.37. The minimum absolute atomic E-state index is 0.0757. The number of benzene rings is 3. The van der Waals surface area contributed by atoms with E-state index in [1.54, 1.807) is 0 Å². The summed E-state index contributed by atoms with van der Waals surface area (Å²) in [6.45, 7) is -0.170. The topological polar surface area (TPSA) is 91.6 Å². The maximum absolute atomic E-state index is 13.4. The molecule has 0 unspecified atom stereocenters. The van der Waals surface area contributed by atoms with E-state index in [1.807, 2.05) is 71.6 Å². The molecule has 4 aromatic rings. The number of aromatic nitrogens is 1. The van der Waals surface area contributed by atoms with E-state index in [0.717, 1.165) is 27.8 Å². The monoisotopic (exact) mass is 510 g/mol. The van der Waals surface area contributed by atoms with Crippen molar-refractivity contribution in [2.45, 2.75) is 44.2 Å². The first-order chi connectivity index (χ1) is 18.5. The highest BCUT2D eigenvalue weighted by molar-refractivity contribution is 5.81. The van der Waals surface area contributed by atoms with Crippen LogP contribution in [-0.2, 0) is 16.0 Å². The average molecular weight is 511 g/mol. The molecule has 1 heterocycles. The van der Waals surface area contributed by atoms with Crippen molar-refractivity contribution in [3.8, 4) is 22.3 Å². The van der Waals surface area contributed by atoms with Crippen LogP contribution in [0.5, 0.6) is 0 Å². The van der Waals surface area contributed by atoms with Crippen molar-refractivity contribution in [1.29, 1.82) is 0 Å². The molecule has 0 saturated heterocycles. The van der Waals surface area contributed by atoms with Crippen LogP contribution in [0.15, 0.2) is 103 Å². The third kappa shape index (κ3) is 7.43. The zero-order valence-electron chi connectivity index (χ0n) is 21.4. The van der Waals surface area contributed by atoms with Gasteiger partial charge in [0.1, 0.15) is 6.04 Å². The van der Waals surface area contributed by atoms with Crippen LogP contribution in [-0.4, -0.2) is 39.3 Å². The summed E-state index contributed by atoms with van der Waals surface area (Å²) in [6, 6.07) is 29.3. The summed E-state index contributed by atoms with van der Waals surface area (Å²) in [4.78, 5) is 24.4. The molecule has 0 radical (unpaired) electrons. The lowest BCUT2D eigenvalue weighted by Crippen LogP contribution is -2.42. The predicted octanol–water partition coefficient (Wildman–Crippen LogP) is 5.73. The second-order valence-electron chi connectivity index (χ2n) is 9.52. The first kappa shape index (κ1) is 26.9. The molecule has 2 atom stereocenters. The number of rotatable bonds is 13. The van der Waals surface area contributed by atoms with E-state index in [0.29, 0.717) is 25.7 Å². The summed E-state index contributed by atoms with van der Waals surface area (Å²) in [5.74, 6) is -1.02. The fourth-order valence-corrected chi connectivity index (χ4v) is 4.65. The number of hydrogen-bond acceptors (Lipinski definition) is 3. The van der Waals surface area contributed by atoms with E-state index in [2.05, 4.69) is 41.7 Å². The molecule has 196 valence electrons. The van der Waals surface area contributed by atoms with Gasteiger partial charge in [0, 0.05) is 18.8 Å². The number of amides is 1. The second-order valence-corrected chi connectivity index (χ2v) is 9.52. The Labute approximate surface area is 223 Å². The molecule has 0 spiro atoms. The molecule has 0 bridgehead atoms. The van der Waals surface area contributed by atoms with Gasteiger partial charge in [0.05, 0.1) is 12.6 Å². The lowest BCUT2D eigenvalue weighted by molar-refractivity contribution is -0.137. The van der Waals surface area contributed by atoms with Crippen molar-refractivity contribution in [3.05, 3.63) is 109 Å². The zero-order valence-corrected chi connectivity index (χ0v) is 21.4. The Morgan fingerprint density at radius 1 is 0.763 bits per heavy atom. The van der Waals surface area contributed by atoms with E-state index < -0.39 is 18.1 Å².